The molecule has 5 heteroatoms. The number of carbonyl (C=O) groups excluding carboxylic acids is 1. The summed E-state index contributed by atoms with van der Waals surface area (Å²) in [6.07, 6.45) is 3.05. The predicted octanol–water partition coefficient (Wildman–Crippen LogP) is 1.62. The standard InChI is InChI=1S/C13H18N2O3/c1-8(2)11(5-12(16)17)15-13(18)10-4-9(3)6-14-7-10/h4,6-8,11H,5H2,1-3H3,(H,15,18)(H,16,17). The highest BCUT2D eigenvalue weighted by molar-refractivity contribution is 5.94. The average molecular weight is 250 g/mol. The van der Waals surface area contributed by atoms with Crippen molar-refractivity contribution < 1.29 is 14.7 Å². The lowest BCUT2D eigenvalue weighted by molar-refractivity contribution is -0.137. The molecule has 0 aliphatic carbocycles. The Kier molecular flexibility index (Phi) is 4.83. The Balaban J connectivity index is 2.75. The molecule has 0 radical (unpaired) electrons. The van der Waals surface area contributed by atoms with E-state index in [1.54, 1.807) is 12.3 Å². The maximum atomic E-state index is 11.9. The van der Waals surface area contributed by atoms with Gasteiger partial charge >= 0.3 is 5.97 Å². The van der Waals surface area contributed by atoms with Crippen molar-refractivity contribution in [2.75, 3.05) is 0 Å². The second-order valence-electron chi connectivity index (χ2n) is 4.67. The summed E-state index contributed by atoms with van der Waals surface area (Å²) in [5, 5.41) is 11.5. The summed E-state index contributed by atoms with van der Waals surface area (Å²) in [4.78, 5) is 26.6. The van der Waals surface area contributed by atoms with Gasteiger partial charge in [0, 0.05) is 18.4 Å². The zero-order valence-electron chi connectivity index (χ0n) is 10.8. The zero-order chi connectivity index (χ0) is 13.7. The Hall–Kier alpha value is -1.91. The third-order valence-electron chi connectivity index (χ3n) is 2.65. The molecule has 18 heavy (non-hydrogen) atoms. The van der Waals surface area contributed by atoms with Crippen molar-refractivity contribution in [3.63, 3.8) is 0 Å². The highest BCUT2D eigenvalue weighted by Crippen LogP contribution is 2.08. The number of amides is 1. The molecule has 1 rings (SSSR count). The Bertz CT molecular complexity index is 444. The monoisotopic (exact) mass is 250 g/mol. The average Bonchev–Trinajstić information content (AvgIpc) is 2.27. The Morgan fingerprint density at radius 2 is 2.06 bits per heavy atom. The normalized spacial score (nSPS) is 12.2. The summed E-state index contributed by atoms with van der Waals surface area (Å²) < 4.78 is 0. The van der Waals surface area contributed by atoms with Crippen LogP contribution in [-0.2, 0) is 4.79 Å². The molecule has 0 bridgehead atoms. The second kappa shape index (κ2) is 6.14. The van der Waals surface area contributed by atoms with Gasteiger partial charge in [-0.05, 0) is 24.5 Å². The summed E-state index contributed by atoms with van der Waals surface area (Å²) in [5.74, 6) is -1.15. The predicted molar refractivity (Wildman–Crippen MR) is 67.3 cm³/mol. The third kappa shape index (κ3) is 4.16. The van der Waals surface area contributed by atoms with Crippen LogP contribution in [0.2, 0.25) is 0 Å². The van der Waals surface area contributed by atoms with Gasteiger partial charge in [0.25, 0.3) is 5.91 Å². The minimum absolute atomic E-state index is 0.0582. The number of aryl methyl sites for hydroxylation is 1. The largest absolute Gasteiger partial charge is 0.481 e. The number of hydrogen-bond donors (Lipinski definition) is 2. The SMILES string of the molecule is Cc1cncc(C(=O)NC(CC(=O)O)C(C)C)c1. The molecule has 0 spiro atoms. The minimum Gasteiger partial charge on any atom is -0.481 e. The number of carbonyl (C=O) groups is 2. The summed E-state index contributed by atoms with van der Waals surface area (Å²) in [6, 6.07) is 1.34. The summed E-state index contributed by atoms with van der Waals surface area (Å²) in [7, 11) is 0. The molecule has 1 aromatic heterocycles. The fourth-order valence-electron chi connectivity index (χ4n) is 1.57. The van der Waals surface area contributed by atoms with E-state index in [4.69, 9.17) is 5.11 Å². The van der Waals surface area contributed by atoms with E-state index in [1.807, 2.05) is 20.8 Å². The number of hydrogen-bond acceptors (Lipinski definition) is 3. The molecule has 0 aliphatic heterocycles. The fourth-order valence-corrected chi connectivity index (χ4v) is 1.57. The van der Waals surface area contributed by atoms with Crippen LogP contribution in [0, 0.1) is 12.8 Å². The van der Waals surface area contributed by atoms with Crippen LogP contribution in [0.3, 0.4) is 0 Å². The van der Waals surface area contributed by atoms with Crippen molar-refractivity contribution in [1.29, 1.82) is 0 Å². The molecule has 2 N–H and O–H groups in total. The van der Waals surface area contributed by atoms with E-state index in [0.717, 1.165) is 5.56 Å². The van der Waals surface area contributed by atoms with Crippen LogP contribution in [0.5, 0.6) is 0 Å². The molecule has 0 saturated carbocycles. The third-order valence-corrected chi connectivity index (χ3v) is 2.65. The molecule has 0 aliphatic rings. The summed E-state index contributed by atoms with van der Waals surface area (Å²) in [5.41, 5.74) is 1.34. The number of aromatic nitrogens is 1. The van der Waals surface area contributed by atoms with Crippen molar-refractivity contribution in [3.8, 4) is 0 Å². The quantitative estimate of drug-likeness (QED) is 0.832. The number of pyridine rings is 1. The van der Waals surface area contributed by atoms with Gasteiger partial charge in [-0.2, -0.15) is 0 Å². The van der Waals surface area contributed by atoms with Crippen LogP contribution in [0.1, 0.15) is 36.2 Å². The Morgan fingerprint density at radius 1 is 1.39 bits per heavy atom. The van der Waals surface area contributed by atoms with E-state index in [0.29, 0.717) is 5.56 Å². The molecular formula is C13H18N2O3. The van der Waals surface area contributed by atoms with Gasteiger partial charge in [-0.25, -0.2) is 0 Å². The maximum absolute atomic E-state index is 11.9. The van der Waals surface area contributed by atoms with E-state index >= 15 is 0 Å². The molecule has 0 saturated heterocycles. The summed E-state index contributed by atoms with van der Waals surface area (Å²) >= 11 is 0. The van der Waals surface area contributed by atoms with E-state index < -0.39 is 5.97 Å². The number of nitrogens with one attached hydrogen (secondary N) is 1. The van der Waals surface area contributed by atoms with Crippen molar-refractivity contribution in [2.45, 2.75) is 33.2 Å². The molecular weight excluding hydrogens is 232 g/mol. The first-order valence-electron chi connectivity index (χ1n) is 5.84. The maximum Gasteiger partial charge on any atom is 0.305 e. The van der Waals surface area contributed by atoms with Gasteiger partial charge < -0.3 is 10.4 Å². The molecule has 1 unspecified atom stereocenters. The highest BCUT2D eigenvalue weighted by atomic mass is 16.4. The molecule has 98 valence electrons. The van der Waals surface area contributed by atoms with Crippen LogP contribution in [0.15, 0.2) is 18.5 Å². The topological polar surface area (TPSA) is 79.3 Å². The van der Waals surface area contributed by atoms with Gasteiger partial charge in [0.1, 0.15) is 0 Å². The lowest BCUT2D eigenvalue weighted by Gasteiger charge is -2.20. The zero-order valence-corrected chi connectivity index (χ0v) is 10.8. The van der Waals surface area contributed by atoms with Crippen molar-refractivity contribution in [2.24, 2.45) is 5.92 Å². The van der Waals surface area contributed by atoms with Crippen LogP contribution < -0.4 is 5.32 Å². The van der Waals surface area contributed by atoms with Crippen LogP contribution in [0.4, 0.5) is 0 Å². The van der Waals surface area contributed by atoms with Crippen molar-refractivity contribution in [1.82, 2.24) is 10.3 Å². The lowest BCUT2D eigenvalue weighted by Crippen LogP contribution is -2.40. The smallest absolute Gasteiger partial charge is 0.305 e. The Morgan fingerprint density at radius 3 is 2.56 bits per heavy atom. The van der Waals surface area contributed by atoms with Crippen LogP contribution in [0.25, 0.3) is 0 Å². The molecule has 5 nitrogen and oxygen atoms in total. The lowest BCUT2D eigenvalue weighted by atomic mass is 10.0. The first-order chi connectivity index (χ1) is 8.40. The molecule has 1 atom stereocenters. The molecule has 1 amide bonds. The molecule has 1 aromatic rings. The molecule has 1 heterocycles. The Labute approximate surface area is 106 Å². The number of carboxylic acid groups (broad SMARTS) is 1. The van der Waals surface area contributed by atoms with Gasteiger partial charge in [-0.3, -0.25) is 14.6 Å². The van der Waals surface area contributed by atoms with Crippen molar-refractivity contribution >= 4 is 11.9 Å². The minimum atomic E-state index is -0.920. The van der Waals surface area contributed by atoms with Gasteiger partial charge in [-0.15, -0.1) is 0 Å². The van der Waals surface area contributed by atoms with E-state index in [-0.39, 0.29) is 24.3 Å². The van der Waals surface area contributed by atoms with Gasteiger partial charge in [0.2, 0.25) is 0 Å². The van der Waals surface area contributed by atoms with Crippen LogP contribution in [-0.4, -0.2) is 28.0 Å². The van der Waals surface area contributed by atoms with Crippen LogP contribution >= 0.6 is 0 Å². The summed E-state index contributed by atoms with van der Waals surface area (Å²) in [6.45, 7) is 5.60. The molecule has 0 fully saturated rings. The van der Waals surface area contributed by atoms with Crippen molar-refractivity contribution in [3.05, 3.63) is 29.6 Å². The van der Waals surface area contributed by atoms with E-state index in [1.165, 1.54) is 6.20 Å². The highest BCUT2D eigenvalue weighted by Gasteiger charge is 2.20. The number of nitrogens with zero attached hydrogens (tertiary/aromatic N) is 1. The van der Waals surface area contributed by atoms with Gasteiger partial charge in [0.15, 0.2) is 0 Å². The first-order valence-corrected chi connectivity index (χ1v) is 5.84. The van der Waals surface area contributed by atoms with E-state index in [2.05, 4.69) is 10.3 Å². The van der Waals surface area contributed by atoms with Gasteiger partial charge in [-0.1, -0.05) is 13.8 Å². The molecule has 0 aromatic carbocycles. The second-order valence-corrected chi connectivity index (χ2v) is 4.67. The first kappa shape index (κ1) is 14.2. The number of carboxylic acids is 1. The fraction of sp³-hybridized carbons (Fsp3) is 0.462. The van der Waals surface area contributed by atoms with Gasteiger partial charge in [0.05, 0.1) is 12.0 Å². The number of rotatable bonds is 5. The number of aliphatic carboxylic acids is 1. The van der Waals surface area contributed by atoms with E-state index in [9.17, 15) is 9.59 Å².